The second-order valence-corrected chi connectivity index (χ2v) is 6.01. The first-order valence-electron chi connectivity index (χ1n) is 8.17. The molecule has 1 saturated heterocycles. The zero-order valence-corrected chi connectivity index (χ0v) is 13.3. The number of benzene rings is 1. The number of para-hydroxylation sites is 1. The number of carbonyl (C=O) groups is 1. The van der Waals surface area contributed by atoms with Gasteiger partial charge in [0.2, 0.25) is 0 Å². The van der Waals surface area contributed by atoms with Crippen LogP contribution in [0.3, 0.4) is 0 Å². The molecule has 0 aliphatic carbocycles. The van der Waals surface area contributed by atoms with Crippen LogP contribution < -0.4 is 15.5 Å². The van der Waals surface area contributed by atoms with Crippen LogP contribution in [0.5, 0.6) is 0 Å². The van der Waals surface area contributed by atoms with Crippen LogP contribution in [0.4, 0.5) is 10.5 Å². The Hall–Kier alpha value is -1.75. The van der Waals surface area contributed by atoms with E-state index in [1.807, 2.05) is 25.1 Å². The minimum Gasteiger partial charge on any atom is -0.396 e. The molecule has 1 aromatic rings. The SMILES string of the molecule is CC(CCCO)NC(=O)NC1CCCN(c2ccccc2)C1. The second-order valence-electron chi connectivity index (χ2n) is 6.01. The molecule has 2 unspecified atom stereocenters. The zero-order valence-electron chi connectivity index (χ0n) is 13.3. The molecular formula is C17H27N3O2. The normalized spacial score (nSPS) is 19.5. The van der Waals surface area contributed by atoms with E-state index >= 15 is 0 Å². The highest BCUT2D eigenvalue weighted by Crippen LogP contribution is 2.19. The molecule has 5 nitrogen and oxygen atoms in total. The Morgan fingerprint density at radius 3 is 2.91 bits per heavy atom. The molecule has 22 heavy (non-hydrogen) atoms. The molecule has 0 spiro atoms. The van der Waals surface area contributed by atoms with Gasteiger partial charge in [-0.1, -0.05) is 18.2 Å². The third-order valence-electron chi connectivity index (χ3n) is 4.05. The maximum absolute atomic E-state index is 12.0. The van der Waals surface area contributed by atoms with Gasteiger partial charge < -0.3 is 20.6 Å². The number of piperidine rings is 1. The summed E-state index contributed by atoms with van der Waals surface area (Å²) in [5.74, 6) is 0. The third kappa shape index (κ3) is 5.22. The Bertz CT molecular complexity index is 452. The van der Waals surface area contributed by atoms with E-state index in [0.717, 1.165) is 32.4 Å². The van der Waals surface area contributed by atoms with E-state index in [9.17, 15) is 4.79 Å². The topological polar surface area (TPSA) is 64.6 Å². The predicted molar refractivity (Wildman–Crippen MR) is 89.1 cm³/mol. The molecule has 1 aromatic carbocycles. The summed E-state index contributed by atoms with van der Waals surface area (Å²) in [7, 11) is 0. The highest BCUT2D eigenvalue weighted by atomic mass is 16.3. The maximum atomic E-state index is 12.0. The summed E-state index contributed by atoms with van der Waals surface area (Å²) >= 11 is 0. The fourth-order valence-electron chi connectivity index (χ4n) is 2.89. The van der Waals surface area contributed by atoms with Crippen molar-refractivity contribution in [2.45, 2.75) is 44.7 Å². The van der Waals surface area contributed by atoms with Gasteiger partial charge in [0.1, 0.15) is 0 Å². The second kappa shape index (κ2) is 8.63. The quantitative estimate of drug-likeness (QED) is 0.754. The molecule has 0 saturated carbocycles. The van der Waals surface area contributed by atoms with Gasteiger partial charge in [0, 0.05) is 37.5 Å². The van der Waals surface area contributed by atoms with Crippen LogP contribution in [-0.2, 0) is 0 Å². The summed E-state index contributed by atoms with van der Waals surface area (Å²) in [5.41, 5.74) is 1.21. The Kier molecular flexibility index (Phi) is 6.52. The fraction of sp³-hybridized carbons (Fsp3) is 0.588. The van der Waals surface area contributed by atoms with Crippen molar-refractivity contribution in [3.8, 4) is 0 Å². The molecular weight excluding hydrogens is 278 g/mol. The van der Waals surface area contributed by atoms with Crippen LogP contribution in [-0.4, -0.2) is 42.9 Å². The van der Waals surface area contributed by atoms with E-state index in [2.05, 4.69) is 27.7 Å². The van der Waals surface area contributed by atoms with E-state index in [0.29, 0.717) is 6.42 Å². The molecule has 122 valence electrons. The van der Waals surface area contributed by atoms with Crippen molar-refractivity contribution in [2.24, 2.45) is 0 Å². The molecule has 0 bridgehead atoms. The lowest BCUT2D eigenvalue weighted by Crippen LogP contribution is -2.52. The molecule has 5 heteroatoms. The number of aliphatic hydroxyl groups excluding tert-OH is 1. The lowest BCUT2D eigenvalue weighted by Gasteiger charge is -2.35. The van der Waals surface area contributed by atoms with E-state index in [1.54, 1.807) is 0 Å². The molecule has 0 aromatic heterocycles. The first-order valence-corrected chi connectivity index (χ1v) is 8.17. The average Bonchev–Trinajstić information content (AvgIpc) is 2.54. The van der Waals surface area contributed by atoms with Crippen molar-refractivity contribution in [2.75, 3.05) is 24.6 Å². The monoisotopic (exact) mass is 305 g/mol. The van der Waals surface area contributed by atoms with Crippen LogP contribution in [0.1, 0.15) is 32.6 Å². The number of hydrogen-bond donors (Lipinski definition) is 3. The number of nitrogens with one attached hydrogen (secondary N) is 2. The Balaban J connectivity index is 1.79. The number of amides is 2. The lowest BCUT2D eigenvalue weighted by atomic mass is 10.0. The van der Waals surface area contributed by atoms with Crippen molar-refractivity contribution < 1.29 is 9.90 Å². The number of hydrogen-bond acceptors (Lipinski definition) is 3. The number of urea groups is 1. The molecule has 0 radical (unpaired) electrons. The molecule has 2 amide bonds. The molecule has 1 heterocycles. The summed E-state index contributed by atoms with van der Waals surface area (Å²) < 4.78 is 0. The summed E-state index contributed by atoms with van der Waals surface area (Å²) in [6, 6.07) is 10.5. The number of rotatable bonds is 6. The van der Waals surface area contributed by atoms with Gasteiger partial charge in [-0.15, -0.1) is 0 Å². The van der Waals surface area contributed by atoms with Gasteiger partial charge in [0.05, 0.1) is 0 Å². The van der Waals surface area contributed by atoms with E-state index in [1.165, 1.54) is 5.69 Å². The van der Waals surface area contributed by atoms with Gasteiger partial charge in [0.25, 0.3) is 0 Å². The highest BCUT2D eigenvalue weighted by molar-refractivity contribution is 5.74. The summed E-state index contributed by atoms with van der Waals surface area (Å²) in [5, 5.41) is 14.8. The summed E-state index contributed by atoms with van der Waals surface area (Å²) in [6.07, 6.45) is 3.61. The van der Waals surface area contributed by atoms with Crippen LogP contribution in [0.2, 0.25) is 0 Å². The van der Waals surface area contributed by atoms with Gasteiger partial charge >= 0.3 is 6.03 Å². The maximum Gasteiger partial charge on any atom is 0.315 e. The van der Waals surface area contributed by atoms with E-state index in [-0.39, 0.29) is 24.7 Å². The molecule has 1 aliphatic rings. The van der Waals surface area contributed by atoms with E-state index in [4.69, 9.17) is 5.11 Å². The van der Waals surface area contributed by atoms with Crippen LogP contribution >= 0.6 is 0 Å². The van der Waals surface area contributed by atoms with Crippen molar-refractivity contribution in [1.82, 2.24) is 10.6 Å². The number of anilines is 1. The minimum atomic E-state index is -0.106. The summed E-state index contributed by atoms with van der Waals surface area (Å²) in [4.78, 5) is 14.3. The van der Waals surface area contributed by atoms with Crippen molar-refractivity contribution in [1.29, 1.82) is 0 Å². The van der Waals surface area contributed by atoms with Crippen LogP contribution in [0.25, 0.3) is 0 Å². The molecule has 2 rings (SSSR count). The molecule has 1 aliphatic heterocycles. The smallest absolute Gasteiger partial charge is 0.315 e. The molecule has 1 fully saturated rings. The first-order chi connectivity index (χ1) is 10.7. The Labute approximate surface area is 132 Å². The van der Waals surface area contributed by atoms with Gasteiger partial charge in [-0.2, -0.15) is 0 Å². The highest BCUT2D eigenvalue weighted by Gasteiger charge is 2.21. The number of nitrogens with zero attached hydrogens (tertiary/aromatic N) is 1. The third-order valence-corrected chi connectivity index (χ3v) is 4.05. The standard InChI is InChI=1S/C17H27N3O2/c1-14(7-6-12-21)18-17(22)19-15-8-5-11-20(13-15)16-9-3-2-4-10-16/h2-4,9-10,14-15,21H,5-8,11-13H2,1H3,(H2,18,19,22). The number of carbonyl (C=O) groups excluding carboxylic acids is 1. The molecule has 3 N–H and O–H groups in total. The Morgan fingerprint density at radius 2 is 2.18 bits per heavy atom. The lowest BCUT2D eigenvalue weighted by molar-refractivity contribution is 0.229. The van der Waals surface area contributed by atoms with Crippen molar-refractivity contribution in [3.05, 3.63) is 30.3 Å². The van der Waals surface area contributed by atoms with E-state index < -0.39 is 0 Å². The zero-order chi connectivity index (χ0) is 15.8. The van der Waals surface area contributed by atoms with Gasteiger partial charge in [-0.05, 0) is 44.7 Å². The Morgan fingerprint density at radius 1 is 1.41 bits per heavy atom. The fourth-order valence-corrected chi connectivity index (χ4v) is 2.89. The van der Waals surface area contributed by atoms with Gasteiger partial charge in [-0.25, -0.2) is 4.79 Å². The minimum absolute atomic E-state index is 0.0842. The van der Waals surface area contributed by atoms with Gasteiger partial charge in [0.15, 0.2) is 0 Å². The average molecular weight is 305 g/mol. The first kappa shape index (κ1) is 16.6. The van der Waals surface area contributed by atoms with Crippen molar-refractivity contribution in [3.63, 3.8) is 0 Å². The molecule has 2 atom stereocenters. The van der Waals surface area contributed by atoms with Crippen LogP contribution in [0, 0.1) is 0 Å². The van der Waals surface area contributed by atoms with Crippen LogP contribution in [0.15, 0.2) is 30.3 Å². The van der Waals surface area contributed by atoms with Gasteiger partial charge in [-0.3, -0.25) is 0 Å². The number of aliphatic hydroxyl groups is 1. The predicted octanol–water partition coefficient (Wildman–Crippen LogP) is 2.12. The van der Waals surface area contributed by atoms with Crippen molar-refractivity contribution >= 4 is 11.7 Å². The summed E-state index contributed by atoms with van der Waals surface area (Å²) in [6.45, 7) is 4.02. The largest absolute Gasteiger partial charge is 0.396 e.